The van der Waals surface area contributed by atoms with Crippen LogP contribution in [0.5, 0.6) is 11.5 Å². The number of methoxy groups -OCH3 is 1. The van der Waals surface area contributed by atoms with Gasteiger partial charge < -0.3 is 14.2 Å². The van der Waals surface area contributed by atoms with Crippen LogP contribution >= 0.6 is 0 Å². The summed E-state index contributed by atoms with van der Waals surface area (Å²) in [7, 11) is 1.67. The second-order valence-electron chi connectivity index (χ2n) is 4.30. The maximum absolute atomic E-state index is 5.59. The highest BCUT2D eigenvalue weighted by Gasteiger charge is 1.99. The minimum atomic E-state index is 0.579. The molecule has 0 saturated carbocycles. The van der Waals surface area contributed by atoms with Gasteiger partial charge in [0.1, 0.15) is 18.1 Å². The van der Waals surface area contributed by atoms with Gasteiger partial charge in [0, 0.05) is 6.61 Å². The van der Waals surface area contributed by atoms with Crippen LogP contribution in [0.1, 0.15) is 6.92 Å². The smallest absolute Gasteiger partial charge is 0.119 e. The molecule has 106 valence electrons. The minimum Gasteiger partial charge on any atom is -0.497 e. The maximum Gasteiger partial charge on any atom is 0.119 e. The van der Waals surface area contributed by atoms with Crippen molar-refractivity contribution in [1.29, 1.82) is 0 Å². The maximum atomic E-state index is 5.59. The lowest BCUT2D eigenvalue weighted by Gasteiger charge is -2.08. The lowest BCUT2D eigenvalue weighted by molar-refractivity contribution is 0.110. The molecule has 0 aliphatic rings. The van der Waals surface area contributed by atoms with Gasteiger partial charge in [-0.15, -0.1) is 0 Å². The van der Waals surface area contributed by atoms with Crippen LogP contribution in [0.3, 0.4) is 0 Å². The average Bonchev–Trinajstić information content (AvgIpc) is 2.52. The van der Waals surface area contributed by atoms with Crippen LogP contribution < -0.4 is 9.47 Å². The van der Waals surface area contributed by atoms with E-state index in [0.717, 1.165) is 29.2 Å². The molecular weight excluding hydrogens is 252 g/mol. The monoisotopic (exact) mass is 272 g/mol. The van der Waals surface area contributed by atoms with Crippen molar-refractivity contribution in [2.24, 2.45) is 0 Å². The number of hydrogen-bond donors (Lipinski definition) is 0. The molecule has 0 radical (unpaired) electrons. The van der Waals surface area contributed by atoms with Gasteiger partial charge in [-0.3, -0.25) is 0 Å². The van der Waals surface area contributed by atoms with Crippen LogP contribution in [0, 0.1) is 0 Å². The molecule has 0 fully saturated rings. The zero-order chi connectivity index (χ0) is 14.2. The van der Waals surface area contributed by atoms with Gasteiger partial charge in [-0.05, 0) is 42.3 Å². The van der Waals surface area contributed by atoms with E-state index in [4.69, 9.17) is 14.2 Å². The Balaban J connectivity index is 1.96. The van der Waals surface area contributed by atoms with Crippen LogP contribution in [0.4, 0.5) is 0 Å². The SMILES string of the molecule is CCOCCOc1ccc(-c2ccc(OC)cc2)cc1. The Labute approximate surface area is 120 Å². The standard InChI is InChI=1S/C17H20O3/c1-3-19-12-13-20-17-10-6-15(7-11-17)14-4-8-16(18-2)9-5-14/h4-11H,3,12-13H2,1-2H3. The summed E-state index contributed by atoms with van der Waals surface area (Å²) in [5.74, 6) is 1.73. The molecule has 0 saturated heterocycles. The molecule has 0 aromatic heterocycles. The average molecular weight is 272 g/mol. The molecular formula is C17H20O3. The minimum absolute atomic E-state index is 0.579. The molecule has 0 atom stereocenters. The molecule has 0 aliphatic carbocycles. The van der Waals surface area contributed by atoms with Gasteiger partial charge in [0.05, 0.1) is 13.7 Å². The highest BCUT2D eigenvalue weighted by molar-refractivity contribution is 5.64. The highest BCUT2D eigenvalue weighted by atomic mass is 16.5. The summed E-state index contributed by atoms with van der Waals surface area (Å²) >= 11 is 0. The Bertz CT molecular complexity index is 503. The molecule has 2 aromatic rings. The first-order valence-corrected chi connectivity index (χ1v) is 6.78. The summed E-state index contributed by atoms with van der Waals surface area (Å²) in [6.45, 7) is 3.90. The van der Waals surface area contributed by atoms with E-state index in [-0.39, 0.29) is 0 Å². The summed E-state index contributed by atoms with van der Waals surface area (Å²) in [6, 6.07) is 16.1. The van der Waals surface area contributed by atoms with Crippen LogP contribution in [-0.4, -0.2) is 26.9 Å². The quantitative estimate of drug-likeness (QED) is 0.718. The fourth-order valence-electron chi connectivity index (χ4n) is 1.89. The van der Waals surface area contributed by atoms with E-state index >= 15 is 0 Å². The first-order valence-electron chi connectivity index (χ1n) is 6.78. The van der Waals surface area contributed by atoms with E-state index in [1.807, 2.05) is 43.3 Å². The van der Waals surface area contributed by atoms with Crippen molar-refractivity contribution in [2.45, 2.75) is 6.92 Å². The summed E-state index contributed by atoms with van der Waals surface area (Å²) in [6.07, 6.45) is 0. The molecule has 0 heterocycles. The molecule has 0 N–H and O–H groups in total. The first kappa shape index (κ1) is 14.4. The first-order chi connectivity index (χ1) is 9.83. The largest absolute Gasteiger partial charge is 0.497 e. The molecule has 2 rings (SSSR count). The lowest BCUT2D eigenvalue weighted by Crippen LogP contribution is -2.06. The Morgan fingerprint density at radius 1 is 0.750 bits per heavy atom. The van der Waals surface area contributed by atoms with Crippen molar-refractivity contribution in [3.8, 4) is 22.6 Å². The molecule has 0 amide bonds. The van der Waals surface area contributed by atoms with E-state index in [1.165, 1.54) is 0 Å². The topological polar surface area (TPSA) is 27.7 Å². The van der Waals surface area contributed by atoms with Crippen molar-refractivity contribution >= 4 is 0 Å². The molecule has 0 bridgehead atoms. The number of benzene rings is 2. The number of hydrogen-bond acceptors (Lipinski definition) is 3. The predicted molar refractivity (Wildman–Crippen MR) is 80.4 cm³/mol. The van der Waals surface area contributed by atoms with Gasteiger partial charge in [-0.25, -0.2) is 0 Å². The van der Waals surface area contributed by atoms with Crippen molar-refractivity contribution in [3.63, 3.8) is 0 Å². The number of ether oxygens (including phenoxy) is 3. The fraction of sp³-hybridized carbons (Fsp3) is 0.294. The second-order valence-corrected chi connectivity index (χ2v) is 4.30. The van der Waals surface area contributed by atoms with Gasteiger partial charge in [-0.1, -0.05) is 24.3 Å². The Morgan fingerprint density at radius 2 is 1.30 bits per heavy atom. The highest BCUT2D eigenvalue weighted by Crippen LogP contribution is 2.24. The number of rotatable bonds is 7. The van der Waals surface area contributed by atoms with E-state index in [2.05, 4.69) is 12.1 Å². The van der Waals surface area contributed by atoms with Crippen LogP contribution in [0.25, 0.3) is 11.1 Å². The zero-order valence-corrected chi connectivity index (χ0v) is 12.0. The van der Waals surface area contributed by atoms with Gasteiger partial charge >= 0.3 is 0 Å². The third-order valence-corrected chi connectivity index (χ3v) is 2.98. The van der Waals surface area contributed by atoms with E-state index in [1.54, 1.807) is 7.11 Å². The summed E-state index contributed by atoms with van der Waals surface area (Å²) in [5, 5.41) is 0. The van der Waals surface area contributed by atoms with Gasteiger partial charge in [-0.2, -0.15) is 0 Å². The lowest BCUT2D eigenvalue weighted by atomic mass is 10.1. The molecule has 3 heteroatoms. The van der Waals surface area contributed by atoms with E-state index in [9.17, 15) is 0 Å². The molecule has 3 nitrogen and oxygen atoms in total. The van der Waals surface area contributed by atoms with Gasteiger partial charge in [0.15, 0.2) is 0 Å². The second kappa shape index (κ2) is 7.56. The fourth-order valence-corrected chi connectivity index (χ4v) is 1.89. The molecule has 0 unspecified atom stereocenters. The Morgan fingerprint density at radius 3 is 1.80 bits per heavy atom. The molecule has 0 aliphatic heterocycles. The van der Waals surface area contributed by atoms with Gasteiger partial charge in [0.25, 0.3) is 0 Å². The van der Waals surface area contributed by atoms with E-state index in [0.29, 0.717) is 13.2 Å². The van der Waals surface area contributed by atoms with Crippen molar-refractivity contribution in [3.05, 3.63) is 48.5 Å². The van der Waals surface area contributed by atoms with Crippen LogP contribution in [0.15, 0.2) is 48.5 Å². The Kier molecular flexibility index (Phi) is 5.44. The zero-order valence-electron chi connectivity index (χ0n) is 12.0. The third kappa shape index (κ3) is 4.00. The third-order valence-electron chi connectivity index (χ3n) is 2.98. The van der Waals surface area contributed by atoms with Crippen LogP contribution in [-0.2, 0) is 4.74 Å². The summed E-state index contributed by atoms with van der Waals surface area (Å²) in [4.78, 5) is 0. The molecule has 2 aromatic carbocycles. The Hall–Kier alpha value is -2.00. The van der Waals surface area contributed by atoms with Crippen molar-refractivity contribution < 1.29 is 14.2 Å². The molecule has 0 spiro atoms. The predicted octanol–water partition coefficient (Wildman–Crippen LogP) is 3.78. The van der Waals surface area contributed by atoms with Crippen molar-refractivity contribution in [1.82, 2.24) is 0 Å². The van der Waals surface area contributed by atoms with Crippen LogP contribution in [0.2, 0.25) is 0 Å². The summed E-state index contributed by atoms with van der Waals surface area (Å²) < 4.78 is 16.0. The normalized spacial score (nSPS) is 10.3. The van der Waals surface area contributed by atoms with Crippen molar-refractivity contribution in [2.75, 3.05) is 26.9 Å². The summed E-state index contributed by atoms with van der Waals surface area (Å²) in [5.41, 5.74) is 2.32. The van der Waals surface area contributed by atoms with E-state index < -0.39 is 0 Å². The molecule has 20 heavy (non-hydrogen) atoms. The van der Waals surface area contributed by atoms with Gasteiger partial charge in [0.2, 0.25) is 0 Å².